The van der Waals surface area contributed by atoms with Crippen LogP contribution in [-0.4, -0.2) is 56.3 Å². The van der Waals surface area contributed by atoms with E-state index in [9.17, 15) is 18.0 Å². The summed E-state index contributed by atoms with van der Waals surface area (Å²) in [6, 6.07) is 7.29. The Bertz CT molecular complexity index is 1140. The number of halogens is 3. The number of carbonyl (C=O) groups excluding carboxylic acids is 1. The SMILES string of the molecule is CCCC(N[C@@H](c1ccc2c(c1)oc1ccc(N3CCN(C)CC3)cc12)C(F)(F)F)C(N)=O. The van der Waals surface area contributed by atoms with Crippen LogP contribution in [0.4, 0.5) is 18.9 Å². The van der Waals surface area contributed by atoms with E-state index in [-0.39, 0.29) is 12.0 Å². The number of rotatable bonds is 7. The minimum Gasteiger partial charge on any atom is -0.456 e. The quantitative estimate of drug-likeness (QED) is 0.551. The van der Waals surface area contributed by atoms with Gasteiger partial charge >= 0.3 is 6.18 Å². The number of amides is 1. The van der Waals surface area contributed by atoms with Gasteiger partial charge in [0.25, 0.3) is 0 Å². The Kier molecular flexibility index (Phi) is 6.54. The number of likely N-dealkylation sites (N-methyl/N-ethyl adjacent to an activating group) is 1. The number of benzene rings is 2. The minimum atomic E-state index is -4.60. The highest BCUT2D eigenvalue weighted by molar-refractivity contribution is 6.06. The third-order valence-corrected chi connectivity index (χ3v) is 6.30. The molecule has 3 aromatic rings. The lowest BCUT2D eigenvalue weighted by atomic mass is 10.0. The van der Waals surface area contributed by atoms with Gasteiger partial charge in [0, 0.05) is 42.6 Å². The Balaban J connectivity index is 1.68. The van der Waals surface area contributed by atoms with Gasteiger partial charge in [-0.25, -0.2) is 0 Å². The van der Waals surface area contributed by atoms with Crippen molar-refractivity contribution in [3.63, 3.8) is 0 Å². The first-order valence-electron chi connectivity index (χ1n) is 11.2. The Labute approximate surface area is 190 Å². The summed E-state index contributed by atoms with van der Waals surface area (Å²) in [6.45, 7) is 5.57. The van der Waals surface area contributed by atoms with Gasteiger partial charge in [-0.3, -0.25) is 10.1 Å². The van der Waals surface area contributed by atoms with E-state index >= 15 is 0 Å². The molecule has 4 rings (SSSR count). The molecule has 2 atom stereocenters. The monoisotopic (exact) mass is 462 g/mol. The lowest BCUT2D eigenvalue weighted by molar-refractivity contribution is -0.160. The van der Waals surface area contributed by atoms with Crippen molar-refractivity contribution in [3.05, 3.63) is 42.0 Å². The fourth-order valence-corrected chi connectivity index (χ4v) is 4.40. The topological polar surface area (TPSA) is 74.7 Å². The van der Waals surface area contributed by atoms with E-state index < -0.39 is 24.2 Å². The third kappa shape index (κ3) is 4.94. The molecule has 1 saturated heterocycles. The van der Waals surface area contributed by atoms with Crippen LogP contribution in [0.15, 0.2) is 40.8 Å². The molecule has 1 amide bonds. The summed E-state index contributed by atoms with van der Waals surface area (Å²) >= 11 is 0. The molecule has 2 heterocycles. The lowest BCUT2D eigenvalue weighted by Crippen LogP contribution is -2.47. The maximum Gasteiger partial charge on any atom is 0.407 e. The largest absolute Gasteiger partial charge is 0.456 e. The zero-order chi connectivity index (χ0) is 23.8. The highest BCUT2D eigenvalue weighted by atomic mass is 19.4. The van der Waals surface area contributed by atoms with Crippen molar-refractivity contribution >= 4 is 33.5 Å². The molecule has 9 heteroatoms. The van der Waals surface area contributed by atoms with Crippen LogP contribution in [0.5, 0.6) is 0 Å². The van der Waals surface area contributed by atoms with Crippen LogP contribution < -0.4 is 16.0 Å². The van der Waals surface area contributed by atoms with Crippen molar-refractivity contribution in [2.24, 2.45) is 5.73 Å². The van der Waals surface area contributed by atoms with Crippen LogP contribution in [0, 0.1) is 0 Å². The predicted molar refractivity (Wildman–Crippen MR) is 123 cm³/mol. The van der Waals surface area contributed by atoms with E-state index in [0.717, 1.165) is 42.6 Å². The van der Waals surface area contributed by atoms with Crippen LogP contribution in [0.1, 0.15) is 31.4 Å². The number of nitrogens with one attached hydrogen (secondary N) is 1. The van der Waals surface area contributed by atoms with E-state index in [1.807, 2.05) is 18.2 Å². The van der Waals surface area contributed by atoms with Gasteiger partial charge in [-0.2, -0.15) is 13.2 Å². The van der Waals surface area contributed by atoms with E-state index in [0.29, 0.717) is 17.6 Å². The van der Waals surface area contributed by atoms with Crippen LogP contribution in [0.2, 0.25) is 0 Å². The molecule has 3 N–H and O–H groups in total. The van der Waals surface area contributed by atoms with Crippen molar-refractivity contribution in [2.45, 2.75) is 38.0 Å². The average molecular weight is 463 g/mol. The highest BCUT2D eigenvalue weighted by Crippen LogP contribution is 2.38. The summed E-state index contributed by atoms with van der Waals surface area (Å²) in [5, 5.41) is 4.03. The summed E-state index contributed by atoms with van der Waals surface area (Å²) in [7, 11) is 2.10. The molecular weight excluding hydrogens is 433 g/mol. The van der Waals surface area contributed by atoms with E-state index in [1.54, 1.807) is 13.0 Å². The number of hydrogen-bond acceptors (Lipinski definition) is 5. The van der Waals surface area contributed by atoms with Crippen molar-refractivity contribution in [3.8, 4) is 0 Å². The van der Waals surface area contributed by atoms with Gasteiger partial charge in [0.2, 0.25) is 5.91 Å². The van der Waals surface area contributed by atoms with Gasteiger partial charge in [0.05, 0.1) is 6.04 Å². The molecule has 33 heavy (non-hydrogen) atoms. The normalized spacial score (nSPS) is 17.5. The number of fused-ring (bicyclic) bond motifs is 3. The zero-order valence-corrected chi connectivity index (χ0v) is 18.8. The molecule has 0 saturated carbocycles. The molecule has 1 fully saturated rings. The summed E-state index contributed by atoms with van der Waals surface area (Å²) in [4.78, 5) is 16.2. The summed E-state index contributed by atoms with van der Waals surface area (Å²) < 4.78 is 47.6. The van der Waals surface area contributed by atoms with Crippen LogP contribution in [0.25, 0.3) is 21.9 Å². The standard InChI is InChI=1S/C24H29F3N4O2/c1-3-4-19(23(28)32)29-22(24(25,26)27)15-5-7-17-18-14-16(31-11-9-30(2)10-12-31)6-8-20(18)33-21(17)13-15/h5-8,13-14,19,22,29H,3-4,9-12H2,1-2H3,(H2,28,32)/t19?,22-/m0/s1. The molecule has 2 aromatic carbocycles. The number of primary amides is 1. The van der Waals surface area contributed by atoms with Crippen molar-refractivity contribution in [1.82, 2.24) is 10.2 Å². The Morgan fingerprint density at radius 3 is 2.45 bits per heavy atom. The van der Waals surface area contributed by atoms with Crippen LogP contribution >= 0.6 is 0 Å². The maximum absolute atomic E-state index is 13.9. The maximum atomic E-state index is 13.9. The number of anilines is 1. The average Bonchev–Trinajstić information content (AvgIpc) is 3.13. The van der Waals surface area contributed by atoms with Gasteiger partial charge in [0.15, 0.2) is 0 Å². The Hall–Kier alpha value is -2.78. The first-order valence-corrected chi connectivity index (χ1v) is 11.2. The number of piperazine rings is 1. The number of furan rings is 1. The van der Waals surface area contributed by atoms with Crippen LogP contribution in [0.3, 0.4) is 0 Å². The molecule has 1 aliphatic rings. The second kappa shape index (κ2) is 9.23. The zero-order valence-electron chi connectivity index (χ0n) is 18.8. The van der Waals surface area contributed by atoms with Gasteiger partial charge < -0.3 is 20.0 Å². The second-order valence-corrected chi connectivity index (χ2v) is 8.71. The van der Waals surface area contributed by atoms with Gasteiger partial charge in [0.1, 0.15) is 17.2 Å². The first kappa shape index (κ1) is 23.4. The molecular formula is C24H29F3N4O2. The summed E-state index contributed by atoms with van der Waals surface area (Å²) in [6.07, 6.45) is -3.84. The fourth-order valence-electron chi connectivity index (χ4n) is 4.40. The van der Waals surface area contributed by atoms with Gasteiger partial charge in [-0.1, -0.05) is 25.5 Å². The third-order valence-electron chi connectivity index (χ3n) is 6.30. The minimum absolute atomic E-state index is 0.0179. The molecule has 0 spiro atoms. The molecule has 178 valence electrons. The van der Waals surface area contributed by atoms with Crippen molar-refractivity contribution < 1.29 is 22.4 Å². The Morgan fingerprint density at radius 2 is 1.82 bits per heavy atom. The van der Waals surface area contributed by atoms with Crippen molar-refractivity contribution in [1.29, 1.82) is 0 Å². The second-order valence-electron chi connectivity index (χ2n) is 8.71. The highest BCUT2D eigenvalue weighted by Gasteiger charge is 2.42. The molecule has 0 aliphatic carbocycles. The number of nitrogens with zero attached hydrogens (tertiary/aromatic N) is 2. The lowest BCUT2D eigenvalue weighted by Gasteiger charge is -2.34. The molecule has 6 nitrogen and oxygen atoms in total. The van der Waals surface area contributed by atoms with Crippen LogP contribution in [-0.2, 0) is 4.79 Å². The molecule has 1 aromatic heterocycles. The van der Waals surface area contributed by atoms with Gasteiger partial charge in [-0.15, -0.1) is 0 Å². The Morgan fingerprint density at radius 1 is 1.09 bits per heavy atom. The first-order chi connectivity index (χ1) is 15.7. The number of carbonyl (C=O) groups is 1. The number of alkyl halides is 3. The molecule has 1 unspecified atom stereocenters. The van der Waals surface area contributed by atoms with E-state index in [2.05, 4.69) is 22.2 Å². The van der Waals surface area contributed by atoms with E-state index in [1.165, 1.54) is 12.1 Å². The summed E-state index contributed by atoms with van der Waals surface area (Å²) in [5.41, 5.74) is 7.37. The summed E-state index contributed by atoms with van der Waals surface area (Å²) in [5.74, 6) is -0.799. The molecule has 0 radical (unpaired) electrons. The van der Waals surface area contributed by atoms with Gasteiger partial charge in [-0.05, 0) is 43.3 Å². The fraction of sp³-hybridized carbons (Fsp3) is 0.458. The number of hydrogen-bond donors (Lipinski definition) is 2. The molecule has 1 aliphatic heterocycles. The predicted octanol–water partition coefficient (Wildman–Crippen LogP) is 4.18. The van der Waals surface area contributed by atoms with Crippen molar-refractivity contribution in [2.75, 3.05) is 38.1 Å². The van der Waals surface area contributed by atoms with E-state index in [4.69, 9.17) is 10.2 Å². The molecule has 0 bridgehead atoms. The smallest absolute Gasteiger partial charge is 0.407 e. The number of nitrogens with two attached hydrogens (primary N) is 1.